The fourth-order valence-electron chi connectivity index (χ4n) is 3.41. The largest absolute Gasteiger partial charge is 0.368 e. The van der Waals surface area contributed by atoms with Crippen LogP contribution < -0.4 is 32.3 Å². The average molecular weight is 571 g/mol. The van der Waals surface area contributed by atoms with E-state index in [-0.39, 0.29) is 23.8 Å². The lowest BCUT2D eigenvalue weighted by Gasteiger charge is -2.26. The van der Waals surface area contributed by atoms with Crippen molar-refractivity contribution in [1.29, 1.82) is 0 Å². The molecule has 2 rings (SSSR count). The van der Waals surface area contributed by atoms with Gasteiger partial charge < -0.3 is 37.3 Å². The first-order valence-corrected chi connectivity index (χ1v) is 14.4. The summed E-state index contributed by atoms with van der Waals surface area (Å²) in [4.78, 5) is 82.6. The quantitative estimate of drug-likeness (QED) is 0.194. The molecule has 3 unspecified atom stereocenters. The molecule has 0 aromatic carbocycles. The predicted octanol–water partition coefficient (Wildman–Crippen LogP) is -2.05. The van der Waals surface area contributed by atoms with Gasteiger partial charge in [-0.15, -0.1) is 0 Å². The molecule has 8 N–H and O–H groups in total. The van der Waals surface area contributed by atoms with Gasteiger partial charge >= 0.3 is 0 Å². The molecule has 16 heteroatoms. The molecule has 2 heterocycles. The van der Waals surface area contributed by atoms with Gasteiger partial charge in [0.25, 0.3) is 0 Å². The van der Waals surface area contributed by atoms with Crippen LogP contribution in [0.2, 0.25) is 0 Å². The molecule has 5 atom stereocenters. The second kappa shape index (κ2) is 14.6. The maximum Gasteiger partial charge on any atom is 0.244 e. The second-order valence-corrected chi connectivity index (χ2v) is 11.6. The van der Waals surface area contributed by atoms with Crippen LogP contribution in [0.4, 0.5) is 0 Å². The number of amides is 6. The molecular formula is C22H34N8O6S2. The molecule has 1 aliphatic rings. The summed E-state index contributed by atoms with van der Waals surface area (Å²) < 4.78 is 0. The second-order valence-electron chi connectivity index (χ2n) is 9.09. The standard InChI is InChI=1S/C22H34N8O6S2/c1-10(2)17-22(36)29-15(18(23)32)7-37-38-8-16(27-12(4)31)21(35)28-14(5-13-6-24-9-25-13)20(34)26-11(3)19(33)30-17/h6,9-11,14-17H,5,7-8H2,1-4H3,(H2,23,32)(H,24,25)(H,26,34)(H,27,31)(H,28,35)(H,29,36)(H,30,33)/t11-,14-,15?,16?,17?/m0/s1. The number of H-pyrrole nitrogens is 1. The number of aromatic amines is 1. The number of hydrogen-bond acceptors (Lipinski definition) is 9. The smallest absolute Gasteiger partial charge is 0.244 e. The van der Waals surface area contributed by atoms with Crippen LogP contribution in [-0.4, -0.2) is 87.1 Å². The highest BCUT2D eigenvalue weighted by Gasteiger charge is 2.32. The maximum absolute atomic E-state index is 13.1. The first kappa shape index (κ1) is 31.0. The Kier molecular flexibility index (Phi) is 11.9. The number of hydrogen-bond donors (Lipinski definition) is 7. The third-order valence-corrected chi connectivity index (χ3v) is 7.94. The number of rotatable bonds is 5. The van der Waals surface area contributed by atoms with Gasteiger partial charge in [0, 0.05) is 36.7 Å². The van der Waals surface area contributed by atoms with E-state index in [0.717, 1.165) is 0 Å². The number of carbonyl (C=O) groups excluding carboxylic acids is 6. The van der Waals surface area contributed by atoms with E-state index < -0.39 is 65.7 Å². The van der Waals surface area contributed by atoms with Crippen molar-refractivity contribution < 1.29 is 28.8 Å². The highest BCUT2D eigenvalue weighted by Crippen LogP contribution is 2.23. The summed E-state index contributed by atoms with van der Waals surface area (Å²) in [5.41, 5.74) is 6.02. The fraction of sp³-hybridized carbons (Fsp3) is 0.591. The Labute approximate surface area is 227 Å². The molecule has 38 heavy (non-hydrogen) atoms. The van der Waals surface area contributed by atoms with Crippen molar-refractivity contribution in [3.05, 3.63) is 18.2 Å². The highest BCUT2D eigenvalue weighted by molar-refractivity contribution is 8.76. The zero-order chi connectivity index (χ0) is 28.4. The van der Waals surface area contributed by atoms with Crippen molar-refractivity contribution in [2.75, 3.05) is 11.5 Å². The molecule has 1 saturated heterocycles. The van der Waals surface area contributed by atoms with Crippen LogP contribution in [0.25, 0.3) is 0 Å². The molecule has 0 aliphatic carbocycles. The molecule has 1 aliphatic heterocycles. The summed E-state index contributed by atoms with van der Waals surface area (Å²) >= 11 is 0. The molecular weight excluding hydrogens is 536 g/mol. The summed E-state index contributed by atoms with van der Waals surface area (Å²) in [5.74, 6) is -3.89. The molecule has 6 amide bonds. The summed E-state index contributed by atoms with van der Waals surface area (Å²) in [6, 6.07) is -5.23. The van der Waals surface area contributed by atoms with Gasteiger partial charge in [-0.2, -0.15) is 0 Å². The van der Waals surface area contributed by atoms with Crippen molar-refractivity contribution in [3.63, 3.8) is 0 Å². The van der Waals surface area contributed by atoms with E-state index in [2.05, 4.69) is 36.6 Å². The van der Waals surface area contributed by atoms with E-state index in [0.29, 0.717) is 5.69 Å². The first-order valence-electron chi connectivity index (χ1n) is 11.9. The zero-order valence-corrected chi connectivity index (χ0v) is 23.2. The van der Waals surface area contributed by atoms with Crippen LogP contribution in [0.5, 0.6) is 0 Å². The molecule has 1 fully saturated rings. The van der Waals surface area contributed by atoms with E-state index in [4.69, 9.17) is 5.73 Å². The normalized spacial score (nSPS) is 26.4. The highest BCUT2D eigenvalue weighted by atomic mass is 33.1. The van der Waals surface area contributed by atoms with E-state index in [1.54, 1.807) is 13.8 Å². The Bertz CT molecular complexity index is 1020. The summed E-state index contributed by atoms with van der Waals surface area (Å²) in [5, 5.41) is 12.9. The summed E-state index contributed by atoms with van der Waals surface area (Å²) in [7, 11) is 2.35. The number of nitrogens with zero attached hydrogens (tertiary/aromatic N) is 1. The van der Waals surface area contributed by atoms with Crippen LogP contribution >= 0.6 is 21.6 Å². The Balaban J connectivity index is 2.36. The zero-order valence-electron chi connectivity index (χ0n) is 21.5. The lowest BCUT2D eigenvalue weighted by Crippen LogP contribution is -2.59. The number of aromatic nitrogens is 2. The maximum atomic E-state index is 13.1. The predicted molar refractivity (Wildman–Crippen MR) is 142 cm³/mol. The van der Waals surface area contributed by atoms with Crippen LogP contribution in [0.15, 0.2) is 12.5 Å². The van der Waals surface area contributed by atoms with Crippen molar-refractivity contribution in [1.82, 2.24) is 36.6 Å². The lowest BCUT2D eigenvalue weighted by molar-refractivity contribution is -0.135. The summed E-state index contributed by atoms with van der Waals surface area (Å²) in [6.07, 6.45) is 2.96. The van der Waals surface area contributed by atoms with Crippen molar-refractivity contribution in [2.45, 2.75) is 64.3 Å². The summed E-state index contributed by atoms with van der Waals surface area (Å²) in [6.45, 7) is 6.13. The van der Waals surface area contributed by atoms with Crippen molar-refractivity contribution in [3.8, 4) is 0 Å². The molecule has 1 aromatic rings. The molecule has 14 nitrogen and oxygen atoms in total. The van der Waals surface area contributed by atoms with Gasteiger partial charge in [0.15, 0.2) is 0 Å². The Morgan fingerprint density at radius 3 is 2.29 bits per heavy atom. The Hall–Kier alpha value is -3.27. The lowest BCUT2D eigenvalue weighted by atomic mass is 10.0. The molecule has 0 saturated carbocycles. The number of primary amides is 1. The molecule has 0 spiro atoms. The Morgan fingerprint density at radius 1 is 1.03 bits per heavy atom. The van der Waals surface area contributed by atoms with Crippen molar-refractivity contribution in [2.24, 2.45) is 11.7 Å². The average Bonchev–Trinajstić information content (AvgIpc) is 3.34. The van der Waals surface area contributed by atoms with Gasteiger partial charge in [-0.3, -0.25) is 28.8 Å². The van der Waals surface area contributed by atoms with E-state index in [1.165, 1.54) is 48.0 Å². The van der Waals surface area contributed by atoms with Gasteiger partial charge in [0.2, 0.25) is 35.4 Å². The van der Waals surface area contributed by atoms with Gasteiger partial charge in [0.1, 0.15) is 30.2 Å². The monoisotopic (exact) mass is 570 g/mol. The van der Waals surface area contributed by atoms with Crippen molar-refractivity contribution >= 4 is 57.0 Å². The molecule has 0 bridgehead atoms. The third kappa shape index (κ3) is 9.55. The van der Waals surface area contributed by atoms with Crippen LogP contribution in [-0.2, 0) is 35.2 Å². The number of nitrogens with one attached hydrogen (secondary N) is 6. The topological polar surface area (TPSA) is 217 Å². The first-order chi connectivity index (χ1) is 17.9. The number of carbonyl (C=O) groups is 6. The van der Waals surface area contributed by atoms with Crippen LogP contribution in [0.3, 0.4) is 0 Å². The minimum absolute atomic E-state index is 0.0396. The van der Waals surface area contributed by atoms with E-state index in [1.807, 2.05) is 0 Å². The third-order valence-electron chi connectivity index (χ3n) is 5.52. The minimum Gasteiger partial charge on any atom is -0.368 e. The van der Waals surface area contributed by atoms with Gasteiger partial charge in [-0.25, -0.2) is 4.98 Å². The molecule has 0 radical (unpaired) electrons. The van der Waals surface area contributed by atoms with Crippen LogP contribution in [0.1, 0.15) is 33.4 Å². The van der Waals surface area contributed by atoms with Gasteiger partial charge in [-0.1, -0.05) is 35.4 Å². The molecule has 1 aromatic heterocycles. The fourth-order valence-corrected chi connectivity index (χ4v) is 5.75. The van der Waals surface area contributed by atoms with Gasteiger partial charge in [0.05, 0.1) is 6.33 Å². The van der Waals surface area contributed by atoms with E-state index >= 15 is 0 Å². The Morgan fingerprint density at radius 2 is 1.71 bits per heavy atom. The SMILES string of the molecule is CC(=O)NC1CSSCC(C(N)=O)NC(=O)C(C(C)C)NC(=O)[C@H](C)NC(=O)[C@H](Cc2cnc[nH]2)NC1=O. The minimum atomic E-state index is -1.11. The van der Waals surface area contributed by atoms with Gasteiger partial charge in [-0.05, 0) is 12.8 Å². The molecule has 210 valence electrons. The van der Waals surface area contributed by atoms with E-state index in [9.17, 15) is 28.8 Å². The number of nitrogens with two attached hydrogens (primary N) is 1. The number of imidazole rings is 1. The van der Waals surface area contributed by atoms with Crippen LogP contribution in [0, 0.1) is 5.92 Å².